The topological polar surface area (TPSA) is 49.7 Å². The van der Waals surface area contributed by atoms with E-state index >= 15 is 0 Å². The molecule has 16 heavy (non-hydrogen) atoms. The Bertz CT molecular complexity index is 266. The Morgan fingerprint density at radius 1 is 1.06 bits per heavy atom. The number of nitrogens with zero attached hydrogens (tertiary/aromatic N) is 1. The van der Waals surface area contributed by atoms with Crippen LogP contribution < -0.4 is 0 Å². The molecule has 5 heteroatoms. The molecule has 0 saturated carbocycles. The molecule has 0 spiro atoms. The lowest BCUT2D eigenvalue weighted by atomic mass is 10.2. The SMILES string of the molecule is C[N+](C)(C)C.OP(O)OCc1ccccc1. The van der Waals surface area contributed by atoms with Crippen molar-refractivity contribution in [2.24, 2.45) is 0 Å². The van der Waals surface area contributed by atoms with Gasteiger partial charge in [-0.15, -0.1) is 0 Å². The molecular weight excluding hydrogens is 225 g/mol. The summed E-state index contributed by atoms with van der Waals surface area (Å²) >= 11 is 0. The van der Waals surface area contributed by atoms with Gasteiger partial charge in [-0.1, -0.05) is 30.3 Å². The Kier molecular flexibility index (Phi) is 7.47. The molecule has 0 aliphatic rings. The van der Waals surface area contributed by atoms with E-state index in [0.717, 1.165) is 10.0 Å². The van der Waals surface area contributed by atoms with Crippen LogP contribution in [0, 0.1) is 0 Å². The van der Waals surface area contributed by atoms with Gasteiger partial charge in [0.05, 0.1) is 34.8 Å². The van der Waals surface area contributed by atoms with Crippen molar-refractivity contribution >= 4 is 8.60 Å². The highest BCUT2D eigenvalue weighted by Gasteiger charge is 1.98. The number of benzene rings is 1. The first-order chi connectivity index (χ1) is 7.29. The van der Waals surface area contributed by atoms with Crippen LogP contribution in [0.3, 0.4) is 0 Å². The minimum Gasteiger partial charge on any atom is -0.333 e. The van der Waals surface area contributed by atoms with Crippen molar-refractivity contribution in [1.29, 1.82) is 0 Å². The lowest BCUT2D eigenvalue weighted by Gasteiger charge is -2.14. The van der Waals surface area contributed by atoms with Gasteiger partial charge >= 0.3 is 8.60 Å². The van der Waals surface area contributed by atoms with E-state index in [1.165, 1.54) is 0 Å². The Hall–Kier alpha value is -0.510. The summed E-state index contributed by atoms with van der Waals surface area (Å²) in [6, 6.07) is 9.35. The molecule has 0 saturated heterocycles. The first kappa shape index (κ1) is 15.5. The molecule has 0 unspecified atom stereocenters. The van der Waals surface area contributed by atoms with Crippen molar-refractivity contribution in [1.82, 2.24) is 0 Å². The highest BCUT2D eigenvalue weighted by Crippen LogP contribution is 2.25. The van der Waals surface area contributed by atoms with Crippen LogP contribution in [-0.2, 0) is 11.1 Å². The summed E-state index contributed by atoms with van der Waals surface area (Å²) in [5.41, 5.74) is 0.933. The van der Waals surface area contributed by atoms with Gasteiger partial charge < -0.3 is 18.8 Å². The summed E-state index contributed by atoms with van der Waals surface area (Å²) in [7, 11) is 6.28. The van der Waals surface area contributed by atoms with Crippen molar-refractivity contribution in [3.05, 3.63) is 35.9 Å². The highest BCUT2D eigenvalue weighted by atomic mass is 31.2. The van der Waals surface area contributed by atoms with Gasteiger partial charge in [-0.25, -0.2) is 0 Å². The van der Waals surface area contributed by atoms with Gasteiger partial charge in [0.1, 0.15) is 0 Å². The highest BCUT2D eigenvalue weighted by molar-refractivity contribution is 7.39. The molecule has 92 valence electrons. The van der Waals surface area contributed by atoms with E-state index in [9.17, 15) is 0 Å². The molecule has 1 aromatic rings. The minimum absolute atomic E-state index is 0.250. The van der Waals surface area contributed by atoms with Crippen molar-refractivity contribution < 1.29 is 18.8 Å². The lowest BCUT2D eigenvalue weighted by molar-refractivity contribution is -0.849. The fourth-order valence-corrected chi connectivity index (χ4v) is 0.971. The predicted octanol–water partition coefficient (Wildman–Crippen LogP) is 1.74. The third-order valence-electron chi connectivity index (χ3n) is 1.19. The van der Waals surface area contributed by atoms with Gasteiger partial charge in [0, 0.05) is 0 Å². The van der Waals surface area contributed by atoms with E-state index < -0.39 is 8.60 Å². The van der Waals surface area contributed by atoms with Gasteiger partial charge in [-0.2, -0.15) is 0 Å². The van der Waals surface area contributed by atoms with Gasteiger partial charge in [0.2, 0.25) is 0 Å². The minimum atomic E-state index is -2.22. The average Bonchev–Trinajstić information content (AvgIpc) is 2.14. The van der Waals surface area contributed by atoms with E-state index in [1.54, 1.807) is 0 Å². The number of quaternary nitrogens is 1. The molecular formula is C11H21NO3P+. The lowest BCUT2D eigenvalue weighted by Crippen LogP contribution is -2.27. The van der Waals surface area contributed by atoms with E-state index in [-0.39, 0.29) is 6.61 Å². The summed E-state index contributed by atoms with van der Waals surface area (Å²) < 4.78 is 5.60. The molecule has 0 aliphatic heterocycles. The van der Waals surface area contributed by atoms with Crippen LogP contribution >= 0.6 is 8.60 Å². The van der Waals surface area contributed by atoms with Crippen LogP contribution in [-0.4, -0.2) is 42.5 Å². The van der Waals surface area contributed by atoms with Crippen molar-refractivity contribution in [3.63, 3.8) is 0 Å². The first-order valence-electron chi connectivity index (χ1n) is 4.92. The fraction of sp³-hybridized carbons (Fsp3) is 0.455. The van der Waals surface area contributed by atoms with Crippen LogP contribution in [0.25, 0.3) is 0 Å². The average molecular weight is 246 g/mol. The molecule has 1 aromatic carbocycles. The second-order valence-electron chi connectivity index (χ2n) is 4.70. The van der Waals surface area contributed by atoms with Crippen LogP contribution in [0.2, 0.25) is 0 Å². The maximum Gasteiger partial charge on any atom is 0.327 e. The number of hydrogen-bond acceptors (Lipinski definition) is 3. The standard InChI is InChI=1S/C7H9O3P.C4H12N/c8-11(9)10-6-7-4-2-1-3-5-7;1-5(2,3)4/h1-5,8-9H,6H2;1-4H3/q;+1. The Balaban J connectivity index is 0.000000385. The molecule has 0 aromatic heterocycles. The fourth-order valence-electron chi connectivity index (χ4n) is 0.707. The van der Waals surface area contributed by atoms with Crippen LogP contribution in [0.15, 0.2) is 30.3 Å². The number of hydrogen-bond donors (Lipinski definition) is 2. The molecule has 4 nitrogen and oxygen atoms in total. The second kappa shape index (κ2) is 7.71. The Labute approximate surface area is 98.7 Å². The smallest absolute Gasteiger partial charge is 0.327 e. The van der Waals surface area contributed by atoms with Gasteiger partial charge in [0.25, 0.3) is 0 Å². The van der Waals surface area contributed by atoms with Crippen LogP contribution in [0.1, 0.15) is 5.56 Å². The zero-order chi connectivity index (χ0) is 12.6. The summed E-state index contributed by atoms with van der Waals surface area (Å²) in [4.78, 5) is 16.8. The molecule has 0 aliphatic carbocycles. The van der Waals surface area contributed by atoms with Gasteiger partial charge in [-0.3, -0.25) is 0 Å². The summed E-state index contributed by atoms with van der Waals surface area (Å²) in [6.07, 6.45) is 0. The molecule has 0 amide bonds. The zero-order valence-corrected chi connectivity index (χ0v) is 11.2. The summed E-state index contributed by atoms with van der Waals surface area (Å²) in [5, 5.41) is 0. The monoisotopic (exact) mass is 246 g/mol. The molecule has 1 rings (SSSR count). The summed E-state index contributed by atoms with van der Waals surface area (Å²) in [5.74, 6) is 0. The molecule has 0 heterocycles. The van der Waals surface area contributed by atoms with Gasteiger partial charge in [-0.05, 0) is 5.56 Å². The van der Waals surface area contributed by atoms with Crippen LogP contribution in [0.4, 0.5) is 0 Å². The summed E-state index contributed by atoms with van der Waals surface area (Å²) in [6.45, 7) is 0.250. The van der Waals surface area contributed by atoms with Crippen molar-refractivity contribution in [3.8, 4) is 0 Å². The molecule has 0 atom stereocenters. The Morgan fingerprint density at radius 2 is 1.50 bits per heavy atom. The third-order valence-corrected chi connectivity index (χ3v) is 1.55. The van der Waals surface area contributed by atoms with Gasteiger partial charge in [0.15, 0.2) is 0 Å². The van der Waals surface area contributed by atoms with Crippen molar-refractivity contribution in [2.45, 2.75) is 6.61 Å². The first-order valence-corrected chi connectivity index (χ1v) is 6.09. The van der Waals surface area contributed by atoms with E-state index in [1.807, 2.05) is 30.3 Å². The predicted molar refractivity (Wildman–Crippen MR) is 66.5 cm³/mol. The normalized spacial score (nSPS) is 10.9. The van der Waals surface area contributed by atoms with E-state index in [0.29, 0.717) is 0 Å². The largest absolute Gasteiger partial charge is 0.333 e. The second-order valence-corrected chi connectivity index (χ2v) is 5.46. The van der Waals surface area contributed by atoms with E-state index in [4.69, 9.17) is 9.79 Å². The van der Waals surface area contributed by atoms with Crippen molar-refractivity contribution in [2.75, 3.05) is 28.2 Å². The van der Waals surface area contributed by atoms with Crippen LogP contribution in [0.5, 0.6) is 0 Å². The maximum absolute atomic E-state index is 8.41. The maximum atomic E-state index is 8.41. The molecule has 0 bridgehead atoms. The molecule has 0 radical (unpaired) electrons. The number of rotatable bonds is 3. The Morgan fingerprint density at radius 3 is 1.88 bits per heavy atom. The molecule has 0 fully saturated rings. The molecule has 2 N–H and O–H groups in total. The zero-order valence-electron chi connectivity index (χ0n) is 10.3. The quantitative estimate of drug-likeness (QED) is 0.631. The third kappa shape index (κ3) is 13.5. The van der Waals surface area contributed by atoms with E-state index in [2.05, 4.69) is 32.7 Å².